The number of carbonyl (C=O) groups excluding carboxylic acids is 1. The molecule has 3 atom stereocenters. The van der Waals surface area contributed by atoms with Crippen molar-refractivity contribution in [1.82, 2.24) is 4.90 Å². The summed E-state index contributed by atoms with van der Waals surface area (Å²) < 4.78 is 17.5. The summed E-state index contributed by atoms with van der Waals surface area (Å²) in [4.78, 5) is 14.3. The number of ether oxygens (including phenoxy) is 1. The molecule has 4 nitrogen and oxygen atoms in total. The number of nitrogens with zero attached hydrogens (tertiary/aromatic N) is 1. The highest BCUT2D eigenvalue weighted by Crippen LogP contribution is 2.27. The Kier molecular flexibility index (Phi) is 6.02. The lowest BCUT2D eigenvalue weighted by atomic mass is 9.88. The lowest BCUT2D eigenvalue weighted by Gasteiger charge is -2.33. The van der Waals surface area contributed by atoms with Gasteiger partial charge in [0, 0.05) is 35.4 Å². The Hall–Kier alpha value is -0.420. The van der Waals surface area contributed by atoms with Crippen molar-refractivity contribution in [3.05, 3.63) is 0 Å². The molecule has 0 radical (unpaired) electrons. The van der Waals surface area contributed by atoms with E-state index in [1.165, 1.54) is 12.8 Å². The van der Waals surface area contributed by atoms with Crippen molar-refractivity contribution in [1.29, 1.82) is 0 Å². The molecule has 0 N–H and O–H groups in total. The van der Waals surface area contributed by atoms with Gasteiger partial charge in [0.05, 0.1) is 6.10 Å². The molecule has 1 heterocycles. The lowest BCUT2D eigenvalue weighted by Crippen LogP contribution is -2.48. The van der Waals surface area contributed by atoms with Crippen LogP contribution in [0.5, 0.6) is 0 Å². The van der Waals surface area contributed by atoms with Gasteiger partial charge in [0.1, 0.15) is 6.10 Å². The monoisotopic (exact) mass is 301 g/mol. The zero-order chi connectivity index (χ0) is 14.5. The topological polar surface area (TPSA) is 46.6 Å². The van der Waals surface area contributed by atoms with Crippen LogP contribution in [0.2, 0.25) is 0 Å². The molecule has 1 saturated heterocycles. The van der Waals surface area contributed by atoms with Gasteiger partial charge in [-0.1, -0.05) is 26.7 Å². The highest BCUT2D eigenvalue weighted by atomic mass is 32.2. The van der Waals surface area contributed by atoms with Gasteiger partial charge in [-0.15, -0.1) is 0 Å². The molecule has 116 valence electrons. The maximum atomic E-state index is 12.5. The Bertz CT molecular complexity index is 351. The summed E-state index contributed by atoms with van der Waals surface area (Å²) in [6.07, 6.45) is 5.31. The van der Waals surface area contributed by atoms with Gasteiger partial charge < -0.3 is 9.64 Å². The number of hydrogen-bond acceptors (Lipinski definition) is 3. The second kappa shape index (κ2) is 7.55. The second-order valence-electron chi connectivity index (χ2n) is 6.10. The van der Waals surface area contributed by atoms with E-state index < -0.39 is 10.8 Å². The van der Waals surface area contributed by atoms with Gasteiger partial charge in [-0.2, -0.15) is 0 Å². The first-order valence-corrected chi connectivity index (χ1v) is 9.38. The van der Waals surface area contributed by atoms with Crippen LogP contribution >= 0.6 is 0 Å². The number of carbonyl (C=O) groups is 1. The molecule has 0 spiro atoms. The van der Waals surface area contributed by atoms with Crippen LogP contribution < -0.4 is 0 Å². The third kappa shape index (κ3) is 4.29. The molecular formula is C15H27NO3S. The van der Waals surface area contributed by atoms with Crippen molar-refractivity contribution in [3.8, 4) is 0 Å². The minimum absolute atomic E-state index is 0.0995. The molecule has 1 amide bonds. The Morgan fingerprint density at radius 2 is 2.05 bits per heavy atom. The van der Waals surface area contributed by atoms with Crippen LogP contribution in [0, 0.1) is 5.92 Å². The molecule has 0 aromatic heterocycles. The van der Waals surface area contributed by atoms with Gasteiger partial charge in [-0.3, -0.25) is 9.00 Å². The maximum absolute atomic E-state index is 12.5. The standard InChI is InChI=1S/C15H27NO3S/c1-3-14(19-13-6-4-5-12(2)11-13)15(17)16-7-9-20(18)10-8-16/h12-14H,3-11H2,1-2H3/t12-,13-,14-/m0/s1. The normalized spacial score (nSPS) is 30.2. The SMILES string of the molecule is CC[C@H](O[C@H]1CCC[C@H](C)C1)C(=O)N1CCS(=O)CC1. The van der Waals surface area contributed by atoms with E-state index in [-0.39, 0.29) is 18.1 Å². The Morgan fingerprint density at radius 1 is 1.35 bits per heavy atom. The average Bonchev–Trinajstić information content (AvgIpc) is 2.45. The Morgan fingerprint density at radius 3 is 2.65 bits per heavy atom. The Labute approximate surface area is 124 Å². The fraction of sp³-hybridized carbons (Fsp3) is 0.933. The number of amides is 1. The molecule has 0 bridgehead atoms. The van der Waals surface area contributed by atoms with Gasteiger partial charge in [-0.05, 0) is 25.2 Å². The maximum Gasteiger partial charge on any atom is 0.251 e. The van der Waals surface area contributed by atoms with Crippen LogP contribution in [-0.4, -0.2) is 51.8 Å². The van der Waals surface area contributed by atoms with Crippen molar-refractivity contribution in [2.24, 2.45) is 5.92 Å². The van der Waals surface area contributed by atoms with Crippen LogP contribution in [0.15, 0.2) is 0 Å². The summed E-state index contributed by atoms with van der Waals surface area (Å²) >= 11 is 0. The molecular weight excluding hydrogens is 274 g/mol. The lowest BCUT2D eigenvalue weighted by molar-refractivity contribution is -0.149. The fourth-order valence-corrected chi connectivity index (χ4v) is 4.18. The van der Waals surface area contributed by atoms with E-state index in [9.17, 15) is 9.00 Å². The van der Waals surface area contributed by atoms with Gasteiger partial charge in [0.15, 0.2) is 0 Å². The van der Waals surface area contributed by atoms with Gasteiger partial charge in [0.25, 0.3) is 5.91 Å². The highest BCUT2D eigenvalue weighted by molar-refractivity contribution is 7.85. The molecule has 0 aromatic carbocycles. The van der Waals surface area contributed by atoms with E-state index in [0.717, 1.165) is 19.3 Å². The van der Waals surface area contributed by atoms with Gasteiger partial charge >= 0.3 is 0 Å². The molecule has 1 aliphatic heterocycles. The summed E-state index contributed by atoms with van der Waals surface area (Å²) in [6.45, 7) is 5.51. The average molecular weight is 301 g/mol. The first kappa shape index (κ1) is 16.0. The largest absolute Gasteiger partial charge is 0.365 e. The molecule has 5 heteroatoms. The van der Waals surface area contributed by atoms with Crippen molar-refractivity contribution < 1.29 is 13.7 Å². The van der Waals surface area contributed by atoms with Crippen LogP contribution in [0.3, 0.4) is 0 Å². The first-order valence-electron chi connectivity index (χ1n) is 7.89. The van der Waals surface area contributed by atoms with Gasteiger partial charge in [0.2, 0.25) is 0 Å². The van der Waals surface area contributed by atoms with Crippen LogP contribution in [0.25, 0.3) is 0 Å². The van der Waals surface area contributed by atoms with Crippen LogP contribution in [-0.2, 0) is 20.3 Å². The Balaban J connectivity index is 1.86. The smallest absolute Gasteiger partial charge is 0.251 e. The van der Waals surface area contributed by atoms with E-state index in [1.807, 2.05) is 11.8 Å². The third-order valence-electron chi connectivity index (χ3n) is 4.38. The second-order valence-corrected chi connectivity index (χ2v) is 7.80. The molecule has 0 unspecified atom stereocenters. The predicted molar refractivity (Wildman–Crippen MR) is 81.0 cm³/mol. The molecule has 1 saturated carbocycles. The van der Waals surface area contributed by atoms with Crippen LogP contribution in [0.4, 0.5) is 0 Å². The van der Waals surface area contributed by atoms with E-state index in [2.05, 4.69) is 6.92 Å². The van der Waals surface area contributed by atoms with Gasteiger partial charge in [-0.25, -0.2) is 0 Å². The predicted octanol–water partition coefficient (Wildman–Crippen LogP) is 1.95. The number of rotatable bonds is 4. The minimum atomic E-state index is -0.738. The number of hydrogen-bond donors (Lipinski definition) is 0. The summed E-state index contributed by atoms with van der Waals surface area (Å²) in [6, 6.07) is 0. The van der Waals surface area contributed by atoms with E-state index in [4.69, 9.17) is 4.74 Å². The third-order valence-corrected chi connectivity index (χ3v) is 5.66. The van der Waals surface area contributed by atoms with Crippen molar-refractivity contribution in [3.63, 3.8) is 0 Å². The molecule has 2 rings (SSSR count). The van der Waals surface area contributed by atoms with Crippen molar-refractivity contribution in [2.45, 2.75) is 58.2 Å². The summed E-state index contributed by atoms with van der Waals surface area (Å²) in [7, 11) is -0.738. The van der Waals surface area contributed by atoms with Crippen molar-refractivity contribution in [2.75, 3.05) is 24.6 Å². The zero-order valence-corrected chi connectivity index (χ0v) is 13.5. The molecule has 1 aliphatic carbocycles. The summed E-state index contributed by atoms with van der Waals surface area (Å²) in [5, 5.41) is 0. The minimum Gasteiger partial charge on any atom is -0.365 e. The molecule has 2 fully saturated rings. The zero-order valence-electron chi connectivity index (χ0n) is 12.7. The molecule has 0 aromatic rings. The van der Waals surface area contributed by atoms with E-state index in [1.54, 1.807) is 0 Å². The van der Waals surface area contributed by atoms with E-state index >= 15 is 0 Å². The molecule has 2 aliphatic rings. The molecule has 20 heavy (non-hydrogen) atoms. The van der Waals surface area contributed by atoms with Crippen molar-refractivity contribution >= 4 is 16.7 Å². The van der Waals surface area contributed by atoms with Crippen LogP contribution in [0.1, 0.15) is 46.0 Å². The summed E-state index contributed by atoms with van der Waals surface area (Å²) in [5.41, 5.74) is 0. The fourth-order valence-electron chi connectivity index (χ4n) is 3.13. The quantitative estimate of drug-likeness (QED) is 0.797. The summed E-state index contributed by atoms with van der Waals surface area (Å²) in [5.74, 6) is 2.03. The van der Waals surface area contributed by atoms with E-state index in [0.29, 0.717) is 30.5 Å². The highest BCUT2D eigenvalue weighted by Gasteiger charge is 2.30. The first-order chi connectivity index (χ1) is 9.60.